The zero-order valence-electron chi connectivity index (χ0n) is 15.2. The molecule has 0 spiro atoms. The van der Waals surface area contributed by atoms with E-state index < -0.39 is 0 Å². The van der Waals surface area contributed by atoms with Gasteiger partial charge in [0.15, 0.2) is 5.82 Å². The van der Waals surface area contributed by atoms with E-state index in [1.165, 1.54) is 11.9 Å². The number of imidazole rings is 1. The fourth-order valence-corrected chi connectivity index (χ4v) is 3.53. The average Bonchev–Trinajstić information content (AvgIpc) is 3.36. The van der Waals surface area contributed by atoms with Crippen LogP contribution in [0.3, 0.4) is 0 Å². The van der Waals surface area contributed by atoms with Crippen LogP contribution in [0.25, 0.3) is 11.4 Å². The summed E-state index contributed by atoms with van der Waals surface area (Å²) in [6, 6.07) is 8.37. The van der Waals surface area contributed by atoms with Gasteiger partial charge >= 0.3 is 0 Å². The molecular weight excluding hydrogens is 328 g/mol. The fraction of sp³-hybridized carbons (Fsp3) is 0.421. The second kappa shape index (κ2) is 7.01. The summed E-state index contributed by atoms with van der Waals surface area (Å²) in [6.45, 7) is 8.02. The van der Waals surface area contributed by atoms with Crippen LogP contribution in [0.4, 0.5) is 0 Å². The minimum Gasteiger partial charge on any atom is -0.371 e. The first-order valence-electron chi connectivity index (χ1n) is 8.90. The normalized spacial score (nSPS) is 18.9. The van der Waals surface area contributed by atoms with Crippen LogP contribution in [0, 0.1) is 0 Å². The van der Waals surface area contributed by atoms with Gasteiger partial charge in [0.1, 0.15) is 6.33 Å². The Bertz CT molecular complexity index is 810. The van der Waals surface area contributed by atoms with E-state index in [1.54, 1.807) is 0 Å². The SMILES string of the molecule is CC(C)(Cn1ccnc1)N1CCOC(c2ccc(-c3ncn[nH]3)cc2)C1. The van der Waals surface area contributed by atoms with E-state index in [4.69, 9.17) is 4.74 Å². The lowest BCUT2D eigenvalue weighted by Gasteiger charge is -2.43. The monoisotopic (exact) mass is 352 g/mol. The smallest absolute Gasteiger partial charge is 0.155 e. The number of morpholine rings is 1. The van der Waals surface area contributed by atoms with Gasteiger partial charge in [0.05, 0.1) is 19.0 Å². The number of benzene rings is 1. The molecule has 26 heavy (non-hydrogen) atoms. The van der Waals surface area contributed by atoms with Crippen LogP contribution >= 0.6 is 0 Å². The summed E-state index contributed by atoms with van der Waals surface area (Å²) in [5, 5.41) is 6.80. The van der Waals surface area contributed by atoms with Crippen molar-refractivity contribution in [2.45, 2.75) is 32.0 Å². The Kier molecular flexibility index (Phi) is 4.57. The Balaban J connectivity index is 1.46. The lowest BCUT2D eigenvalue weighted by Crippen LogP contribution is -2.52. The summed E-state index contributed by atoms with van der Waals surface area (Å²) in [7, 11) is 0. The summed E-state index contributed by atoms with van der Waals surface area (Å²) >= 11 is 0. The van der Waals surface area contributed by atoms with Crippen molar-refractivity contribution in [3.63, 3.8) is 0 Å². The van der Waals surface area contributed by atoms with Crippen molar-refractivity contribution < 1.29 is 4.74 Å². The molecule has 0 amide bonds. The molecular formula is C19H24N6O. The Morgan fingerprint density at radius 3 is 2.81 bits per heavy atom. The van der Waals surface area contributed by atoms with Gasteiger partial charge in [-0.25, -0.2) is 9.97 Å². The van der Waals surface area contributed by atoms with Crippen LogP contribution in [0.1, 0.15) is 25.5 Å². The van der Waals surface area contributed by atoms with Gasteiger partial charge < -0.3 is 9.30 Å². The van der Waals surface area contributed by atoms with E-state index in [1.807, 2.05) is 18.7 Å². The van der Waals surface area contributed by atoms with Gasteiger partial charge in [-0.2, -0.15) is 5.10 Å². The predicted molar refractivity (Wildman–Crippen MR) is 98.4 cm³/mol. The summed E-state index contributed by atoms with van der Waals surface area (Å²) in [5.41, 5.74) is 2.25. The molecule has 0 saturated carbocycles. The molecule has 1 aromatic carbocycles. The molecule has 1 unspecified atom stereocenters. The first-order valence-corrected chi connectivity index (χ1v) is 8.90. The lowest BCUT2D eigenvalue weighted by atomic mass is 9.98. The van der Waals surface area contributed by atoms with E-state index in [0.717, 1.165) is 37.6 Å². The number of nitrogens with one attached hydrogen (secondary N) is 1. The van der Waals surface area contributed by atoms with Crippen molar-refractivity contribution >= 4 is 0 Å². The second-order valence-electron chi connectivity index (χ2n) is 7.31. The van der Waals surface area contributed by atoms with E-state index in [-0.39, 0.29) is 11.6 Å². The molecule has 3 aromatic rings. The van der Waals surface area contributed by atoms with Crippen LogP contribution in [0.15, 0.2) is 49.3 Å². The molecule has 0 aliphatic carbocycles. The largest absolute Gasteiger partial charge is 0.371 e. The first kappa shape index (κ1) is 16.9. The van der Waals surface area contributed by atoms with Crippen molar-refractivity contribution in [3.05, 3.63) is 54.9 Å². The van der Waals surface area contributed by atoms with E-state index >= 15 is 0 Å². The summed E-state index contributed by atoms with van der Waals surface area (Å²) in [4.78, 5) is 10.9. The molecule has 1 atom stereocenters. The van der Waals surface area contributed by atoms with Gasteiger partial charge in [-0.05, 0) is 19.4 Å². The molecule has 7 heteroatoms. The van der Waals surface area contributed by atoms with Gasteiger partial charge in [-0.15, -0.1) is 0 Å². The maximum atomic E-state index is 6.06. The third-order valence-electron chi connectivity index (χ3n) is 5.02. The van der Waals surface area contributed by atoms with E-state index in [0.29, 0.717) is 0 Å². The van der Waals surface area contributed by atoms with Crippen LogP contribution in [0.2, 0.25) is 0 Å². The third-order valence-corrected chi connectivity index (χ3v) is 5.02. The minimum absolute atomic E-state index is 0.0303. The van der Waals surface area contributed by atoms with Crippen molar-refractivity contribution in [3.8, 4) is 11.4 Å². The number of H-pyrrole nitrogens is 1. The Morgan fingerprint density at radius 1 is 1.27 bits per heavy atom. The molecule has 3 heterocycles. The zero-order valence-corrected chi connectivity index (χ0v) is 15.2. The number of hydrogen-bond acceptors (Lipinski definition) is 5. The summed E-state index contributed by atoms with van der Waals surface area (Å²) in [6.07, 6.45) is 7.32. The number of aromatic nitrogens is 5. The summed E-state index contributed by atoms with van der Waals surface area (Å²) in [5.74, 6) is 0.782. The van der Waals surface area contributed by atoms with E-state index in [2.05, 4.69) is 67.7 Å². The Morgan fingerprint density at radius 2 is 2.12 bits per heavy atom. The van der Waals surface area contributed by atoms with Gasteiger partial charge in [0.25, 0.3) is 0 Å². The topological polar surface area (TPSA) is 71.9 Å². The zero-order chi connectivity index (χ0) is 18.0. The molecule has 1 aliphatic heterocycles. The molecule has 1 N–H and O–H groups in total. The van der Waals surface area contributed by atoms with Gasteiger partial charge in [0.2, 0.25) is 0 Å². The molecule has 1 saturated heterocycles. The maximum Gasteiger partial charge on any atom is 0.155 e. The highest BCUT2D eigenvalue weighted by atomic mass is 16.5. The van der Waals surface area contributed by atoms with Gasteiger partial charge in [-0.3, -0.25) is 10.00 Å². The maximum absolute atomic E-state index is 6.06. The summed E-state index contributed by atoms with van der Waals surface area (Å²) < 4.78 is 8.19. The van der Waals surface area contributed by atoms with E-state index in [9.17, 15) is 0 Å². The molecule has 4 rings (SSSR count). The van der Waals surface area contributed by atoms with Crippen molar-refractivity contribution in [1.29, 1.82) is 0 Å². The number of aromatic amines is 1. The number of ether oxygens (including phenoxy) is 1. The number of hydrogen-bond donors (Lipinski definition) is 1. The third kappa shape index (κ3) is 3.54. The van der Waals surface area contributed by atoms with Crippen molar-refractivity contribution in [2.75, 3.05) is 19.7 Å². The minimum atomic E-state index is 0.0303. The lowest BCUT2D eigenvalue weighted by molar-refractivity contribution is -0.0673. The molecule has 1 aliphatic rings. The van der Waals surface area contributed by atoms with Gasteiger partial charge in [-0.1, -0.05) is 24.3 Å². The quantitative estimate of drug-likeness (QED) is 0.764. The molecule has 1 fully saturated rings. The van der Waals surface area contributed by atoms with Crippen molar-refractivity contribution in [1.82, 2.24) is 29.6 Å². The van der Waals surface area contributed by atoms with Crippen LogP contribution in [-0.2, 0) is 11.3 Å². The molecule has 136 valence electrons. The highest BCUT2D eigenvalue weighted by molar-refractivity contribution is 5.54. The van der Waals surface area contributed by atoms with Crippen LogP contribution < -0.4 is 0 Å². The molecule has 2 aromatic heterocycles. The average molecular weight is 352 g/mol. The van der Waals surface area contributed by atoms with Gasteiger partial charge in [0, 0.05) is 43.1 Å². The fourth-order valence-electron chi connectivity index (χ4n) is 3.53. The number of nitrogens with zero attached hydrogens (tertiary/aromatic N) is 5. The van der Waals surface area contributed by atoms with Crippen molar-refractivity contribution in [2.24, 2.45) is 0 Å². The standard InChI is InChI=1S/C19H24N6O/c1-19(2,12-24-8-7-20-14-24)25-9-10-26-17(11-25)15-3-5-16(6-4-15)18-21-13-22-23-18/h3-8,13-14,17H,9-12H2,1-2H3,(H,21,22,23). The number of rotatable bonds is 5. The highest BCUT2D eigenvalue weighted by Crippen LogP contribution is 2.29. The molecule has 0 bridgehead atoms. The predicted octanol–water partition coefficient (Wildman–Crippen LogP) is 2.52. The Hall–Kier alpha value is -2.51. The molecule has 7 nitrogen and oxygen atoms in total. The highest BCUT2D eigenvalue weighted by Gasteiger charge is 2.32. The van der Waals surface area contributed by atoms with Crippen LogP contribution in [0.5, 0.6) is 0 Å². The van der Waals surface area contributed by atoms with Crippen LogP contribution in [-0.4, -0.2) is 54.9 Å². The Labute approximate surface area is 153 Å². The first-order chi connectivity index (χ1) is 12.6. The molecule has 0 radical (unpaired) electrons. The second-order valence-corrected chi connectivity index (χ2v) is 7.31.